The minimum Gasteiger partial charge on any atom is -0.380 e. The van der Waals surface area contributed by atoms with E-state index in [-0.39, 0.29) is 0 Å². The second-order valence-corrected chi connectivity index (χ2v) is 5.04. The van der Waals surface area contributed by atoms with Crippen molar-refractivity contribution in [2.45, 2.75) is 38.1 Å². The Morgan fingerprint density at radius 3 is 2.67 bits per heavy atom. The molecule has 18 heavy (non-hydrogen) atoms. The molecule has 96 valence electrons. The predicted octanol–water partition coefficient (Wildman–Crippen LogP) is 2.88. The maximum absolute atomic E-state index is 9.09. The first-order chi connectivity index (χ1) is 8.85. The number of para-hydroxylation sites is 1. The Bertz CT molecular complexity index is 416. The Hall–Kier alpha value is -1.53. The third kappa shape index (κ3) is 3.02. The summed E-state index contributed by atoms with van der Waals surface area (Å²) >= 11 is 0. The molecule has 2 rings (SSSR count). The molecule has 0 amide bonds. The third-order valence-corrected chi connectivity index (χ3v) is 3.86. The van der Waals surface area contributed by atoms with Gasteiger partial charge in [0.2, 0.25) is 0 Å². The molecule has 1 saturated carbocycles. The predicted molar refractivity (Wildman–Crippen MR) is 74.2 cm³/mol. The zero-order valence-corrected chi connectivity index (χ0v) is 10.7. The topological polar surface area (TPSA) is 61.8 Å². The molecular formula is C15H21N3. The molecule has 0 spiro atoms. The van der Waals surface area contributed by atoms with E-state index in [0.29, 0.717) is 24.1 Å². The van der Waals surface area contributed by atoms with E-state index in [9.17, 15) is 0 Å². The number of hydrogen-bond acceptors (Lipinski definition) is 3. The van der Waals surface area contributed by atoms with Crippen LogP contribution < -0.4 is 11.1 Å². The van der Waals surface area contributed by atoms with Crippen LogP contribution in [-0.2, 0) is 0 Å². The molecule has 1 fully saturated rings. The zero-order valence-electron chi connectivity index (χ0n) is 10.7. The molecule has 3 heteroatoms. The number of nitrogens with two attached hydrogens (primary N) is 1. The summed E-state index contributed by atoms with van der Waals surface area (Å²) in [6.45, 7) is 0.629. The van der Waals surface area contributed by atoms with Gasteiger partial charge < -0.3 is 11.1 Å². The normalized spacial score (nSPS) is 18.0. The maximum Gasteiger partial charge on any atom is 0.101 e. The summed E-state index contributed by atoms with van der Waals surface area (Å²) in [5, 5.41) is 12.6. The molecule has 0 aliphatic heterocycles. The van der Waals surface area contributed by atoms with Gasteiger partial charge in [-0.3, -0.25) is 0 Å². The van der Waals surface area contributed by atoms with Gasteiger partial charge in [-0.2, -0.15) is 5.26 Å². The van der Waals surface area contributed by atoms with Gasteiger partial charge in [-0.15, -0.1) is 0 Å². The molecule has 1 aromatic carbocycles. The Labute approximate surface area is 109 Å². The molecule has 0 heterocycles. The minimum absolute atomic E-state index is 0.291. The van der Waals surface area contributed by atoms with E-state index in [1.165, 1.54) is 32.1 Å². The lowest BCUT2D eigenvalue weighted by Crippen LogP contribution is -2.37. The molecule has 1 unspecified atom stereocenters. The molecule has 0 aromatic heterocycles. The van der Waals surface area contributed by atoms with Gasteiger partial charge in [-0.05, 0) is 30.9 Å². The van der Waals surface area contributed by atoms with E-state index in [4.69, 9.17) is 11.0 Å². The molecule has 3 nitrogen and oxygen atoms in total. The molecule has 1 aliphatic rings. The number of nitrogens with zero attached hydrogens (tertiary/aromatic N) is 1. The summed E-state index contributed by atoms with van der Waals surface area (Å²) in [7, 11) is 0. The fourth-order valence-corrected chi connectivity index (χ4v) is 2.81. The number of rotatable bonds is 4. The average Bonchev–Trinajstić information content (AvgIpc) is 2.46. The summed E-state index contributed by atoms with van der Waals surface area (Å²) in [6, 6.07) is 10.2. The van der Waals surface area contributed by atoms with Gasteiger partial charge in [0.05, 0.1) is 11.3 Å². The van der Waals surface area contributed by atoms with Gasteiger partial charge in [-0.1, -0.05) is 31.4 Å². The van der Waals surface area contributed by atoms with Crippen LogP contribution in [0.2, 0.25) is 0 Å². The summed E-state index contributed by atoms with van der Waals surface area (Å²) in [5.41, 5.74) is 7.52. The minimum atomic E-state index is 0.291. The number of benzene rings is 1. The quantitative estimate of drug-likeness (QED) is 0.854. The highest BCUT2D eigenvalue weighted by Crippen LogP contribution is 2.28. The van der Waals surface area contributed by atoms with Crippen LogP contribution in [0.4, 0.5) is 5.69 Å². The van der Waals surface area contributed by atoms with Crippen LogP contribution in [-0.4, -0.2) is 12.6 Å². The largest absolute Gasteiger partial charge is 0.380 e. The van der Waals surface area contributed by atoms with Crippen LogP contribution in [0.15, 0.2) is 24.3 Å². The molecular weight excluding hydrogens is 222 g/mol. The number of anilines is 1. The van der Waals surface area contributed by atoms with E-state index in [1.54, 1.807) is 0 Å². The van der Waals surface area contributed by atoms with Gasteiger partial charge in [0.25, 0.3) is 0 Å². The Kier molecular flexibility index (Phi) is 4.60. The van der Waals surface area contributed by atoms with Crippen molar-refractivity contribution in [2.75, 3.05) is 11.9 Å². The highest BCUT2D eigenvalue weighted by Gasteiger charge is 2.22. The van der Waals surface area contributed by atoms with Crippen LogP contribution >= 0.6 is 0 Å². The van der Waals surface area contributed by atoms with E-state index in [2.05, 4.69) is 11.4 Å². The molecule has 1 aromatic rings. The van der Waals surface area contributed by atoms with Gasteiger partial charge in [0.15, 0.2) is 0 Å². The third-order valence-electron chi connectivity index (χ3n) is 3.86. The van der Waals surface area contributed by atoms with Gasteiger partial charge in [0.1, 0.15) is 6.07 Å². The summed E-state index contributed by atoms with van der Waals surface area (Å²) < 4.78 is 0. The molecule has 0 bridgehead atoms. The summed E-state index contributed by atoms with van der Waals surface area (Å²) in [6.07, 6.45) is 6.47. The molecule has 3 N–H and O–H groups in total. The van der Waals surface area contributed by atoms with Crippen molar-refractivity contribution in [1.82, 2.24) is 0 Å². The van der Waals surface area contributed by atoms with Crippen molar-refractivity contribution >= 4 is 5.69 Å². The lowest BCUT2D eigenvalue weighted by atomic mass is 9.83. The maximum atomic E-state index is 9.09. The SMILES string of the molecule is N#Cc1ccccc1NC(CN)C1CCCCC1. The first-order valence-electron chi connectivity index (χ1n) is 6.81. The number of nitrogens with one attached hydrogen (secondary N) is 1. The second-order valence-electron chi connectivity index (χ2n) is 5.04. The smallest absolute Gasteiger partial charge is 0.101 e. The zero-order chi connectivity index (χ0) is 12.8. The van der Waals surface area contributed by atoms with Crippen molar-refractivity contribution in [3.8, 4) is 6.07 Å². The van der Waals surface area contributed by atoms with Crippen molar-refractivity contribution in [3.63, 3.8) is 0 Å². The van der Waals surface area contributed by atoms with E-state index in [1.807, 2.05) is 24.3 Å². The molecule has 0 saturated heterocycles. The van der Waals surface area contributed by atoms with Gasteiger partial charge in [-0.25, -0.2) is 0 Å². The molecule has 1 aliphatic carbocycles. The van der Waals surface area contributed by atoms with Gasteiger partial charge >= 0.3 is 0 Å². The number of hydrogen-bond donors (Lipinski definition) is 2. The van der Waals surface area contributed by atoms with Gasteiger partial charge in [0, 0.05) is 12.6 Å². The Morgan fingerprint density at radius 2 is 2.00 bits per heavy atom. The molecule has 1 atom stereocenters. The van der Waals surface area contributed by atoms with Crippen LogP contribution in [0.3, 0.4) is 0 Å². The van der Waals surface area contributed by atoms with Crippen molar-refractivity contribution in [1.29, 1.82) is 5.26 Å². The first-order valence-corrected chi connectivity index (χ1v) is 6.81. The fourth-order valence-electron chi connectivity index (χ4n) is 2.81. The number of nitriles is 1. The van der Waals surface area contributed by atoms with Crippen LogP contribution in [0, 0.1) is 17.2 Å². The lowest BCUT2D eigenvalue weighted by molar-refractivity contribution is 0.320. The molecule has 0 radical (unpaired) electrons. The summed E-state index contributed by atoms with van der Waals surface area (Å²) in [5.74, 6) is 0.649. The first kappa shape index (κ1) is 12.9. The average molecular weight is 243 g/mol. The monoisotopic (exact) mass is 243 g/mol. The van der Waals surface area contributed by atoms with Crippen molar-refractivity contribution < 1.29 is 0 Å². The Morgan fingerprint density at radius 1 is 1.28 bits per heavy atom. The fraction of sp³-hybridized carbons (Fsp3) is 0.533. The second kappa shape index (κ2) is 6.42. The van der Waals surface area contributed by atoms with E-state index in [0.717, 1.165) is 5.69 Å². The standard InChI is InChI=1S/C15H21N3/c16-10-13-8-4-5-9-14(13)18-15(11-17)12-6-2-1-3-7-12/h4-5,8-9,12,15,18H,1-3,6-7,11,17H2. The van der Waals surface area contributed by atoms with Crippen LogP contribution in [0.25, 0.3) is 0 Å². The van der Waals surface area contributed by atoms with Crippen molar-refractivity contribution in [2.24, 2.45) is 11.7 Å². The van der Waals surface area contributed by atoms with E-state index < -0.39 is 0 Å². The highest BCUT2D eigenvalue weighted by atomic mass is 14.9. The van der Waals surface area contributed by atoms with E-state index >= 15 is 0 Å². The lowest BCUT2D eigenvalue weighted by Gasteiger charge is -2.31. The Balaban J connectivity index is 2.07. The van der Waals surface area contributed by atoms with Crippen LogP contribution in [0.1, 0.15) is 37.7 Å². The summed E-state index contributed by atoms with van der Waals surface area (Å²) in [4.78, 5) is 0. The van der Waals surface area contributed by atoms with Crippen LogP contribution in [0.5, 0.6) is 0 Å². The highest BCUT2D eigenvalue weighted by molar-refractivity contribution is 5.57. The van der Waals surface area contributed by atoms with Crippen molar-refractivity contribution in [3.05, 3.63) is 29.8 Å².